The van der Waals surface area contributed by atoms with Crippen LogP contribution in [0.2, 0.25) is 5.02 Å². The molecule has 0 unspecified atom stereocenters. The normalized spacial score (nSPS) is 17.1. The van der Waals surface area contributed by atoms with Crippen molar-refractivity contribution in [2.75, 3.05) is 0 Å². The van der Waals surface area contributed by atoms with E-state index in [-0.39, 0.29) is 12.5 Å². The molecule has 1 aliphatic rings. The van der Waals surface area contributed by atoms with E-state index >= 15 is 0 Å². The van der Waals surface area contributed by atoms with Gasteiger partial charge in [0.2, 0.25) is 0 Å². The average Bonchev–Trinajstić information content (AvgIpc) is 3.35. The molecule has 0 saturated carbocycles. The van der Waals surface area contributed by atoms with Gasteiger partial charge in [-0.05, 0) is 53.2 Å². The highest BCUT2D eigenvalue weighted by atomic mass is 35.5. The SMILES string of the molecule is O=C1/C(=C/c2ccc(Cl)cc2)S/C(=N\N=C\c2ccccc2)N1Cc1ccco1. The van der Waals surface area contributed by atoms with Crippen LogP contribution in [0.1, 0.15) is 16.9 Å². The molecule has 0 bridgehead atoms. The van der Waals surface area contributed by atoms with Crippen molar-refractivity contribution in [2.24, 2.45) is 10.2 Å². The van der Waals surface area contributed by atoms with Crippen LogP contribution in [0.5, 0.6) is 0 Å². The summed E-state index contributed by atoms with van der Waals surface area (Å²) < 4.78 is 5.40. The first kappa shape index (κ1) is 19.2. The first-order valence-electron chi connectivity index (χ1n) is 8.84. The number of amidine groups is 1. The van der Waals surface area contributed by atoms with E-state index in [1.165, 1.54) is 11.8 Å². The molecule has 29 heavy (non-hydrogen) atoms. The third-order valence-electron chi connectivity index (χ3n) is 4.10. The van der Waals surface area contributed by atoms with E-state index in [9.17, 15) is 4.79 Å². The third-order valence-corrected chi connectivity index (χ3v) is 5.35. The van der Waals surface area contributed by atoms with Gasteiger partial charge in [0, 0.05) is 5.02 Å². The zero-order valence-electron chi connectivity index (χ0n) is 15.2. The van der Waals surface area contributed by atoms with Crippen molar-refractivity contribution >= 4 is 46.7 Å². The van der Waals surface area contributed by atoms with Crippen LogP contribution in [-0.2, 0) is 11.3 Å². The number of furan rings is 1. The monoisotopic (exact) mass is 421 g/mol. The minimum Gasteiger partial charge on any atom is -0.467 e. The Labute approximate surface area is 177 Å². The van der Waals surface area contributed by atoms with Gasteiger partial charge in [-0.2, -0.15) is 5.10 Å². The number of halogens is 1. The van der Waals surface area contributed by atoms with Crippen LogP contribution < -0.4 is 0 Å². The van der Waals surface area contributed by atoms with Gasteiger partial charge < -0.3 is 4.42 Å². The second-order valence-corrected chi connectivity index (χ2v) is 7.62. The molecule has 144 valence electrons. The Bertz CT molecular complexity index is 1080. The van der Waals surface area contributed by atoms with Crippen molar-refractivity contribution in [3.05, 3.63) is 99.8 Å². The van der Waals surface area contributed by atoms with Gasteiger partial charge in [-0.15, -0.1) is 5.10 Å². The molecule has 4 rings (SSSR count). The minimum absolute atomic E-state index is 0.144. The van der Waals surface area contributed by atoms with Crippen molar-refractivity contribution in [1.29, 1.82) is 0 Å². The average molecular weight is 422 g/mol. The molecular weight excluding hydrogens is 406 g/mol. The summed E-state index contributed by atoms with van der Waals surface area (Å²) in [6.07, 6.45) is 5.06. The minimum atomic E-state index is -0.144. The smallest absolute Gasteiger partial charge is 0.267 e. The molecule has 2 aromatic carbocycles. The van der Waals surface area contributed by atoms with Crippen LogP contribution in [0.25, 0.3) is 6.08 Å². The highest BCUT2D eigenvalue weighted by molar-refractivity contribution is 8.18. The quantitative estimate of drug-likeness (QED) is 0.313. The second-order valence-electron chi connectivity index (χ2n) is 6.17. The van der Waals surface area contributed by atoms with Crippen molar-refractivity contribution < 1.29 is 9.21 Å². The molecule has 0 spiro atoms. The van der Waals surface area contributed by atoms with Crippen LogP contribution in [0, 0.1) is 0 Å². The van der Waals surface area contributed by atoms with Gasteiger partial charge in [0.05, 0.1) is 23.9 Å². The van der Waals surface area contributed by atoms with Crippen LogP contribution in [-0.4, -0.2) is 22.2 Å². The molecular formula is C22H16ClN3O2S. The highest BCUT2D eigenvalue weighted by Crippen LogP contribution is 2.34. The number of carbonyl (C=O) groups excluding carboxylic acids is 1. The molecule has 1 aliphatic heterocycles. The lowest BCUT2D eigenvalue weighted by atomic mass is 10.2. The lowest BCUT2D eigenvalue weighted by molar-refractivity contribution is -0.122. The van der Waals surface area contributed by atoms with E-state index in [1.54, 1.807) is 35.6 Å². The summed E-state index contributed by atoms with van der Waals surface area (Å²) in [5, 5.41) is 9.60. The molecule has 1 aromatic heterocycles. The van der Waals surface area contributed by atoms with Gasteiger partial charge in [-0.3, -0.25) is 9.69 Å². The fourth-order valence-electron chi connectivity index (χ4n) is 2.67. The number of rotatable bonds is 5. The Balaban J connectivity index is 1.61. The number of hydrogen-bond donors (Lipinski definition) is 0. The number of amides is 1. The molecule has 7 heteroatoms. The number of hydrogen-bond acceptors (Lipinski definition) is 5. The van der Waals surface area contributed by atoms with E-state index < -0.39 is 0 Å². The Morgan fingerprint density at radius 1 is 1.00 bits per heavy atom. The Morgan fingerprint density at radius 2 is 1.79 bits per heavy atom. The van der Waals surface area contributed by atoms with E-state index in [4.69, 9.17) is 16.0 Å². The maximum atomic E-state index is 13.0. The topological polar surface area (TPSA) is 58.2 Å². The molecule has 1 fully saturated rings. The largest absolute Gasteiger partial charge is 0.467 e. The molecule has 5 nitrogen and oxygen atoms in total. The van der Waals surface area contributed by atoms with E-state index in [0.717, 1.165) is 11.1 Å². The Morgan fingerprint density at radius 3 is 2.52 bits per heavy atom. The summed E-state index contributed by atoms with van der Waals surface area (Å²) in [5.74, 6) is 0.529. The standard InChI is InChI=1S/C22H16ClN3O2S/c23-18-10-8-16(9-11-18)13-20-21(27)26(15-19-7-4-12-28-19)22(29-20)25-24-14-17-5-2-1-3-6-17/h1-14H,15H2/b20-13-,24-14+,25-22-. The maximum Gasteiger partial charge on any atom is 0.267 e. The molecule has 0 atom stereocenters. The van der Waals surface area contributed by atoms with Gasteiger partial charge in [0.25, 0.3) is 5.91 Å². The third kappa shape index (κ3) is 4.85. The first-order valence-corrected chi connectivity index (χ1v) is 10.0. The van der Waals surface area contributed by atoms with Gasteiger partial charge in [0.15, 0.2) is 5.17 Å². The molecule has 0 N–H and O–H groups in total. The van der Waals surface area contributed by atoms with Crippen LogP contribution in [0.3, 0.4) is 0 Å². The zero-order valence-corrected chi connectivity index (χ0v) is 16.8. The van der Waals surface area contributed by atoms with Gasteiger partial charge in [-0.1, -0.05) is 54.1 Å². The van der Waals surface area contributed by atoms with Crippen molar-refractivity contribution in [2.45, 2.75) is 6.54 Å². The van der Waals surface area contributed by atoms with Gasteiger partial charge in [-0.25, -0.2) is 0 Å². The van der Waals surface area contributed by atoms with Gasteiger partial charge >= 0.3 is 0 Å². The molecule has 3 aromatic rings. The predicted octanol–water partition coefficient (Wildman–Crippen LogP) is 5.44. The summed E-state index contributed by atoms with van der Waals surface area (Å²) >= 11 is 7.23. The Hall–Kier alpha value is -3.09. The predicted molar refractivity (Wildman–Crippen MR) is 118 cm³/mol. The fraction of sp³-hybridized carbons (Fsp3) is 0.0455. The fourth-order valence-corrected chi connectivity index (χ4v) is 3.74. The van der Waals surface area contributed by atoms with Crippen molar-refractivity contribution in [3.63, 3.8) is 0 Å². The summed E-state index contributed by atoms with van der Waals surface area (Å²) in [6, 6.07) is 20.6. The number of thioether (sulfide) groups is 1. The van der Waals surface area contributed by atoms with Gasteiger partial charge in [0.1, 0.15) is 5.76 Å². The lowest BCUT2D eigenvalue weighted by Crippen LogP contribution is -2.28. The molecule has 0 radical (unpaired) electrons. The highest BCUT2D eigenvalue weighted by Gasteiger charge is 2.34. The van der Waals surface area contributed by atoms with Crippen molar-refractivity contribution in [1.82, 2.24) is 4.90 Å². The summed E-state index contributed by atoms with van der Waals surface area (Å²) in [5.41, 5.74) is 1.82. The molecule has 1 saturated heterocycles. The van der Waals surface area contributed by atoms with Crippen LogP contribution in [0.4, 0.5) is 0 Å². The lowest BCUT2D eigenvalue weighted by Gasteiger charge is -2.12. The van der Waals surface area contributed by atoms with E-state index in [1.807, 2.05) is 54.6 Å². The number of benzene rings is 2. The zero-order chi connectivity index (χ0) is 20.1. The number of carbonyl (C=O) groups is 1. The Kier molecular flexibility index (Phi) is 5.93. The maximum absolute atomic E-state index is 13.0. The first-order chi connectivity index (χ1) is 14.2. The van der Waals surface area contributed by atoms with Crippen LogP contribution in [0.15, 0.2) is 92.5 Å². The van der Waals surface area contributed by atoms with Crippen molar-refractivity contribution in [3.8, 4) is 0 Å². The molecule has 2 heterocycles. The molecule has 1 amide bonds. The second kappa shape index (κ2) is 8.94. The summed E-state index contributed by atoms with van der Waals surface area (Å²) in [7, 11) is 0. The summed E-state index contributed by atoms with van der Waals surface area (Å²) in [4.78, 5) is 15.1. The number of nitrogens with zero attached hydrogens (tertiary/aromatic N) is 3. The summed E-state index contributed by atoms with van der Waals surface area (Å²) in [6.45, 7) is 0.288. The van der Waals surface area contributed by atoms with Crippen LogP contribution >= 0.6 is 23.4 Å². The van der Waals surface area contributed by atoms with E-state index in [2.05, 4.69) is 10.2 Å². The molecule has 0 aliphatic carbocycles. The van der Waals surface area contributed by atoms with E-state index in [0.29, 0.717) is 20.9 Å².